The number of H-pyrrole nitrogens is 1. The fraction of sp³-hybridized carbons (Fsp3) is 0.227. The van der Waals surface area contributed by atoms with Gasteiger partial charge < -0.3 is 19.6 Å². The number of aromatic nitrogens is 5. The fourth-order valence-electron chi connectivity index (χ4n) is 3.40. The first-order chi connectivity index (χ1) is 15.6. The van der Waals surface area contributed by atoms with Gasteiger partial charge in [-0.05, 0) is 44.0 Å². The Morgan fingerprint density at radius 2 is 2.00 bits per heavy atom. The molecule has 10 heteroatoms. The summed E-state index contributed by atoms with van der Waals surface area (Å²) in [5.74, 6) is 0.833. The summed E-state index contributed by atoms with van der Waals surface area (Å²) in [6.45, 7) is 2.02. The van der Waals surface area contributed by atoms with E-state index in [9.17, 15) is 9.59 Å². The third kappa shape index (κ3) is 4.02. The molecule has 1 fully saturated rings. The van der Waals surface area contributed by atoms with Crippen LogP contribution >= 0.6 is 0 Å². The van der Waals surface area contributed by atoms with Crippen LogP contribution in [0.5, 0.6) is 0 Å². The molecular formula is C22H21N7O3. The molecule has 1 aliphatic rings. The van der Waals surface area contributed by atoms with Gasteiger partial charge >= 0.3 is 6.09 Å². The molecule has 1 aliphatic carbocycles. The van der Waals surface area contributed by atoms with Crippen molar-refractivity contribution in [2.24, 2.45) is 0 Å². The molecule has 0 spiro atoms. The molecule has 10 nitrogen and oxygen atoms in total. The summed E-state index contributed by atoms with van der Waals surface area (Å²) in [7, 11) is 0. The number of anilines is 1. The zero-order valence-electron chi connectivity index (χ0n) is 17.3. The number of ether oxygens (including phenoxy) is 1. The number of hydrogen-bond donors (Lipinski definition) is 3. The quantitative estimate of drug-likeness (QED) is 0.430. The standard InChI is InChI=1S/C22H21N7O3/c1-2-32-22(31)28-18-9-13-8-15(10-16(19(13)27-18)20-23-6-3-7-24-20)29-11-17(25-12-29)21(30)26-14-4-5-14/h3,6-12,14,27H,2,4-5H2,1H3,(H,26,30)(H,28,31). The molecule has 2 amide bonds. The van der Waals surface area contributed by atoms with Gasteiger partial charge in [0, 0.05) is 41.3 Å². The topological polar surface area (TPSA) is 127 Å². The number of amides is 2. The molecule has 5 rings (SSSR count). The predicted molar refractivity (Wildman–Crippen MR) is 118 cm³/mol. The number of fused-ring (bicyclic) bond motifs is 1. The Balaban J connectivity index is 1.55. The maximum Gasteiger partial charge on any atom is 0.412 e. The lowest BCUT2D eigenvalue weighted by Gasteiger charge is -2.07. The second kappa shape index (κ2) is 8.14. The van der Waals surface area contributed by atoms with Gasteiger partial charge in [0.15, 0.2) is 5.82 Å². The normalized spacial score (nSPS) is 13.2. The Morgan fingerprint density at radius 3 is 2.75 bits per heavy atom. The first-order valence-corrected chi connectivity index (χ1v) is 10.3. The van der Waals surface area contributed by atoms with Gasteiger partial charge in [-0.2, -0.15) is 0 Å². The van der Waals surface area contributed by atoms with Crippen LogP contribution in [0, 0.1) is 0 Å². The van der Waals surface area contributed by atoms with Gasteiger partial charge in [0.25, 0.3) is 5.91 Å². The predicted octanol–water partition coefficient (Wildman–Crippen LogP) is 3.27. The van der Waals surface area contributed by atoms with Crippen LogP contribution in [-0.4, -0.2) is 49.2 Å². The zero-order chi connectivity index (χ0) is 22.1. The molecule has 0 aliphatic heterocycles. The third-order valence-electron chi connectivity index (χ3n) is 5.06. The Labute approximate surface area is 183 Å². The maximum atomic E-state index is 12.3. The number of imidazole rings is 1. The number of rotatable bonds is 6. The van der Waals surface area contributed by atoms with Gasteiger partial charge in [0.05, 0.1) is 12.1 Å². The lowest BCUT2D eigenvalue weighted by molar-refractivity contribution is 0.0946. The number of nitrogens with zero attached hydrogens (tertiary/aromatic N) is 4. The Bertz CT molecular complexity index is 1290. The average molecular weight is 431 g/mol. The average Bonchev–Trinajstić information content (AvgIpc) is 3.30. The number of carbonyl (C=O) groups is 2. The van der Waals surface area contributed by atoms with Crippen molar-refractivity contribution in [1.29, 1.82) is 0 Å². The molecule has 162 valence electrons. The van der Waals surface area contributed by atoms with Crippen LogP contribution in [0.25, 0.3) is 28.0 Å². The van der Waals surface area contributed by atoms with Gasteiger partial charge in [-0.3, -0.25) is 10.1 Å². The van der Waals surface area contributed by atoms with E-state index in [4.69, 9.17) is 4.74 Å². The van der Waals surface area contributed by atoms with Crippen molar-refractivity contribution in [2.75, 3.05) is 11.9 Å². The summed E-state index contributed by atoms with van der Waals surface area (Å²) in [5, 5.41) is 6.45. The monoisotopic (exact) mass is 431 g/mol. The van der Waals surface area contributed by atoms with E-state index in [1.54, 1.807) is 48.5 Å². The summed E-state index contributed by atoms with van der Waals surface area (Å²) in [4.78, 5) is 40.4. The Kier molecular flexibility index (Phi) is 5.02. The molecular weight excluding hydrogens is 410 g/mol. The maximum absolute atomic E-state index is 12.3. The SMILES string of the molecule is CCOC(=O)Nc1cc2cc(-n3cnc(C(=O)NC4CC4)c3)cc(-c3ncccn3)c2[nH]1. The van der Waals surface area contributed by atoms with Gasteiger partial charge in [-0.1, -0.05) is 0 Å². The van der Waals surface area contributed by atoms with Gasteiger partial charge in [0.1, 0.15) is 17.8 Å². The van der Waals surface area contributed by atoms with E-state index < -0.39 is 6.09 Å². The second-order valence-corrected chi connectivity index (χ2v) is 7.47. The summed E-state index contributed by atoms with van der Waals surface area (Å²) in [6.07, 6.45) is 8.11. The Morgan fingerprint density at radius 1 is 1.19 bits per heavy atom. The first kappa shape index (κ1) is 19.7. The highest BCUT2D eigenvalue weighted by molar-refractivity contribution is 5.99. The minimum atomic E-state index is -0.544. The number of benzene rings is 1. The number of nitrogens with one attached hydrogen (secondary N) is 3. The van der Waals surface area contributed by atoms with E-state index in [1.165, 1.54) is 0 Å². The highest BCUT2D eigenvalue weighted by atomic mass is 16.5. The summed E-state index contributed by atoms with van der Waals surface area (Å²) in [5.41, 5.74) is 2.64. The van der Waals surface area contributed by atoms with Crippen molar-refractivity contribution in [2.45, 2.75) is 25.8 Å². The number of aromatic amines is 1. The van der Waals surface area contributed by atoms with Crippen LogP contribution < -0.4 is 10.6 Å². The molecule has 0 atom stereocenters. The van der Waals surface area contributed by atoms with E-state index in [0.29, 0.717) is 17.3 Å². The van der Waals surface area contributed by atoms with Crippen molar-refractivity contribution >= 4 is 28.7 Å². The van der Waals surface area contributed by atoms with Crippen LogP contribution in [0.1, 0.15) is 30.3 Å². The highest BCUT2D eigenvalue weighted by Crippen LogP contribution is 2.31. The van der Waals surface area contributed by atoms with E-state index in [-0.39, 0.29) is 18.6 Å². The third-order valence-corrected chi connectivity index (χ3v) is 5.06. The highest BCUT2D eigenvalue weighted by Gasteiger charge is 2.25. The zero-order valence-corrected chi connectivity index (χ0v) is 17.3. The van der Waals surface area contributed by atoms with Crippen LogP contribution in [0.2, 0.25) is 0 Å². The van der Waals surface area contributed by atoms with Crippen molar-refractivity contribution in [3.63, 3.8) is 0 Å². The minimum absolute atomic E-state index is 0.179. The summed E-state index contributed by atoms with van der Waals surface area (Å²) in [6, 6.07) is 7.65. The Hall–Kier alpha value is -4.21. The van der Waals surface area contributed by atoms with Gasteiger partial charge in [0.2, 0.25) is 0 Å². The first-order valence-electron chi connectivity index (χ1n) is 10.3. The van der Waals surface area contributed by atoms with Crippen molar-refractivity contribution in [3.05, 3.63) is 54.9 Å². The lowest BCUT2D eigenvalue weighted by atomic mass is 10.1. The molecule has 0 unspecified atom stereocenters. The van der Waals surface area contributed by atoms with Crippen LogP contribution in [0.4, 0.5) is 10.6 Å². The number of hydrogen-bond acceptors (Lipinski definition) is 6. The molecule has 3 aromatic heterocycles. The van der Waals surface area contributed by atoms with E-state index in [1.807, 2.05) is 12.1 Å². The van der Waals surface area contributed by atoms with E-state index in [0.717, 1.165) is 35.0 Å². The molecule has 0 saturated heterocycles. The van der Waals surface area contributed by atoms with Crippen molar-refractivity contribution in [1.82, 2.24) is 29.8 Å². The fourth-order valence-corrected chi connectivity index (χ4v) is 3.40. The molecule has 0 bridgehead atoms. The molecule has 3 N–H and O–H groups in total. The molecule has 1 saturated carbocycles. The van der Waals surface area contributed by atoms with Crippen molar-refractivity contribution in [3.8, 4) is 17.1 Å². The smallest absolute Gasteiger partial charge is 0.412 e. The molecule has 32 heavy (non-hydrogen) atoms. The molecule has 0 radical (unpaired) electrons. The molecule has 3 heterocycles. The van der Waals surface area contributed by atoms with Crippen LogP contribution in [0.15, 0.2) is 49.2 Å². The van der Waals surface area contributed by atoms with E-state index >= 15 is 0 Å². The summed E-state index contributed by atoms with van der Waals surface area (Å²) >= 11 is 0. The second-order valence-electron chi connectivity index (χ2n) is 7.47. The van der Waals surface area contributed by atoms with Gasteiger partial charge in [-0.15, -0.1) is 0 Å². The van der Waals surface area contributed by atoms with E-state index in [2.05, 4.69) is 30.6 Å². The minimum Gasteiger partial charge on any atom is -0.450 e. The van der Waals surface area contributed by atoms with Crippen LogP contribution in [-0.2, 0) is 4.74 Å². The van der Waals surface area contributed by atoms with Crippen LogP contribution in [0.3, 0.4) is 0 Å². The molecule has 4 aromatic rings. The molecule has 1 aromatic carbocycles. The lowest BCUT2D eigenvalue weighted by Crippen LogP contribution is -2.25. The largest absolute Gasteiger partial charge is 0.450 e. The summed E-state index contributed by atoms with van der Waals surface area (Å²) < 4.78 is 6.74. The number of carbonyl (C=O) groups excluding carboxylic acids is 2. The van der Waals surface area contributed by atoms with Gasteiger partial charge in [-0.25, -0.2) is 19.7 Å². The van der Waals surface area contributed by atoms with Crippen molar-refractivity contribution < 1.29 is 14.3 Å².